The average molecular weight is 380 g/mol. The molecular formula is C20H20N4O2S. The van der Waals surface area contributed by atoms with Gasteiger partial charge in [-0.05, 0) is 50.6 Å². The Morgan fingerprint density at radius 2 is 1.93 bits per heavy atom. The molecule has 1 saturated heterocycles. The molecule has 7 heteroatoms. The fourth-order valence-electron chi connectivity index (χ4n) is 3.72. The van der Waals surface area contributed by atoms with Gasteiger partial charge in [-0.2, -0.15) is 9.50 Å². The van der Waals surface area contributed by atoms with Crippen molar-refractivity contribution in [2.75, 3.05) is 13.1 Å². The number of hydrogen-bond donors (Lipinski definition) is 1. The summed E-state index contributed by atoms with van der Waals surface area (Å²) in [6.45, 7) is 4.15. The highest BCUT2D eigenvalue weighted by Crippen LogP contribution is 2.41. The van der Waals surface area contributed by atoms with Gasteiger partial charge in [0.1, 0.15) is 0 Å². The summed E-state index contributed by atoms with van der Waals surface area (Å²) in [5.74, 6) is 1.25. The molecule has 6 nitrogen and oxygen atoms in total. The molecule has 1 unspecified atom stereocenters. The minimum absolute atomic E-state index is 0.0219. The van der Waals surface area contributed by atoms with Gasteiger partial charge in [-0.25, -0.2) is 0 Å². The molecule has 0 amide bonds. The number of aryl methyl sites for hydroxylation is 1. The summed E-state index contributed by atoms with van der Waals surface area (Å²) in [4.78, 5) is 8.55. The van der Waals surface area contributed by atoms with Crippen molar-refractivity contribution >= 4 is 16.3 Å². The first-order chi connectivity index (χ1) is 13.2. The second-order valence-corrected chi connectivity index (χ2v) is 7.96. The van der Waals surface area contributed by atoms with Gasteiger partial charge in [-0.3, -0.25) is 4.90 Å². The van der Waals surface area contributed by atoms with Crippen molar-refractivity contribution in [2.45, 2.75) is 25.8 Å². The van der Waals surface area contributed by atoms with Gasteiger partial charge >= 0.3 is 0 Å². The highest BCUT2D eigenvalue weighted by molar-refractivity contribution is 7.17. The first-order valence-electron chi connectivity index (χ1n) is 9.13. The zero-order chi connectivity index (χ0) is 18.4. The molecule has 138 valence electrons. The van der Waals surface area contributed by atoms with E-state index in [9.17, 15) is 5.11 Å². The minimum Gasteiger partial charge on any atom is -0.492 e. The van der Waals surface area contributed by atoms with Crippen LogP contribution >= 0.6 is 11.3 Å². The van der Waals surface area contributed by atoms with Crippen LogP contribution in [0.15, 0.2) is 47.1 Å². The molecule has 4 aromatic rings. The zero-order valence-electron chi connectivity index (χ0n) is 15.0. The molecule has 1 aliphatic heterocycles. The maximum atomic E-state index is 11.0. The van der Waals surface area contributed by atoms with Gasteiger partial charge in [-0.1, -0.05) is 41.2 Å². The third kappa shape index (κ3) is 2.83. The third-order valence-corrected chi connectivity index (χ3v) is 6.16. The maximum absolute atomic E-state index is 11.0. The minimum atomic E-state index is 0.0219. The van der Waals surface area contributed by atoms with Crippen molar-refractivity contribution in [3.05, 3.63) is 58.7 Å². The Morgan fingerprint density at radius 3 is 2.59 bits per heavy atom. The molecule has 0 spiro atoms. The molecule has 1 aliphatic rings. The number of likely N-dealkylation sites (tertiary alicyclic amines) is 1. The number of benzene rings is 1. The Morgan fingerprint density at radius 1 is 1.15 bits per heavy atom. The molecule has 3 aromatic heterocycles. The lowest BCUT2D eigenvalue weighted by atomic mass is 10.0. The fraction of sp³-hybridized carbons (Fsp3) is 0.300. The number of thiazole rings is 1. The van der Waals surface area contributed by atoms with Crippen LogP contribution in [-0.4, -0.2) is 37.7 Å². The summed E-state index contributed by atoms with van der Waals surface area (Å²) in [5.41, 5.74) is 2.42. The van der Waals surface area contributed by atoms with Crippen LogP contribution < -0.4 is 0 Å². The second kappa shape index (κ2) is 6.51. The smallest absolute Gasteiger partial charge is 0.230 e. The zero-order valence-corrected chi connectivity index (χ0v) is 15.8. The molecular weight excluding hydrogens is 360 g/mol. The average Bonchev–Trinajstić information content (AvgIpc) is 3.44. The quantitative estimate of drug-likeness (QED) is 0.573. The van der Waals surface area contributed by atoms with Crippen molar-refractivity contribution in [3.63, 3.8) is 0 Å². The Labute approximate surface area is 160 Å². The van der Waals surface area contributed by atoms with E-state index >= 15 is 0 Å². The molecule has 0 aliphatic carbocycles. The van der Waals surface area contributed by atoms with Crippen LogP contribution in [0.25, 0.3) is 16.5 Å². The predicted octanol–water partition coefficient (Wildman–Crippen LogP) is 4.25. The third-order valence-electron chi connectivity index (χ3n) is 5.09. The highest BCUT2D eigenvalue weighted by atomic mass is 32.1. The van der Waals surface area contributed by atoms with Crippen molar-refractivity contribution in [1.82, 2.24) is 19.5 Å². The van der Waals surface area contributed by atoms with Gasteiger partial charge < -0.3 is 9.52 Å². The number of fused-ring (bicyclic) bond motifs is 1. The van der Waals surface area contributed by atoms with Crippen LogP contribution in [0.5, 0.6) is 5.88 Å². The molecule has 4 heterocycles. The molecule has 0 radical (unpaired) electrons. The summed E-state index contributed by atoms with van der Waals surface area (Å²) < 4.78 is 6.90. The molecule has 1 N–H and O–H groups in total. The molecule has 27 heavy (non-hydrogen) atoms. The monoisotopic (exact) mass is 380 g/mol. The summed E-state index contributed by atoms with van der Waals surface area (Å²) in [6.07, 6.45) is 3.97. The van der Waals surface area contributed by atoms with Gasteiger partial charge in [-0.15, -0.1) is 5.10 Å². The van der Waals surface area contributed by atoms with Crippen LogP contribution in [-0.2, 0) is 0 Å². The predicted molar refractivity (Wildman–Crippen MR) is 104 cm³/mol. The van der Waals surface area contributed by atoms with E-state index in [0.717, 1.165) is 18.0 Å². The number of aromatic nitrogens is 3. The van der Waals surface area contributed by atoms with Crippen molar-refractivity contribution in [1.29, 1.82) is 0 Å². The maximum Gasteiger partial charge on any atom is 0.230 e. The van der Waals surface area contributed by atoms with Crippen LogP contribution in [0.2, 0.25) is 0 Å². The fourth-order valence-corrected chi connectivity index (χ4v) is 4.83. The summed E-state index contributed by atoms with van der Waals surface area (Å²) in [7, 11) is 0. The van der Waals surface area contributed by atoms with E-state index in [0.29, 0.717) is 16.5 Å². The van der Waals surface area contributed by atoms with Crippen LogP contribution in [0.4, 0.5) is 0 Å². The molecule has 0 saturated carbocycles. The summed E-state index contributed by atoms with van der Waals surface area (Å²) in [5, 5.41) is 15.4. The Kier molecular flexibility index (Phi) is 3.98. The van der Waals surface area contributed by atoms with E-state index in [-0.39, 0.29) is 11.9 Å². The van der Waals surface area contributed by atoms with Gasteiger partial charge in [0.05, 0.1) is 17.2 Å². The molecule has 1 aromatic carbocycles. The van der Waals surface area contributed by atoms with Crippen LogP contribution in [0.3, 0.4) is 0 Å². The Bertz CT molecular complexity index is 1060. The first kappa shape index (κ1) is 16.5. The normalized spacial score (nSPS) is 16.3. The topological polar surface area (TPSA) is 66.8 Å². The van der Waals surface area contributed by atoms with E-state index < -0.39 is 0 Å². The number of hydrogen-bond acceptors (Lipinski definition) is 6. The highest BCUT2D eigenvalue weighted by Gasteiger charge is 2.31. The van der Waals surface area contributed by atoms with Crippen molar-refractivity contribution in [2.24, 2.45) is 0 Å². The van der Waals surface area contributed by atoms with E-state index in [2.05, 4.69) is 46.2 Å². The second-order valence-electron chi connectivity index (χ2n) is 6.95. The van der Waals surface area contributed by atoms with E-state index in [1.54, 1.807) is 12.3 Å². The number of furan rings is 1. The lowest BCUT2D eigenvalue weighted by Gasteiger charge is -2.27. The summed E-state index contributed by atoms with van der Waals surface area (Å²) in [6, 6.07) is 12.2. The lowest BCUT2D eigenvalue weighted by Crippen LogP contribution is -2.26. The Balaban J connectivity index is 1.60. The summed E-state index contributed by atoms with van der Waals surface area (Å²) >= 11 is 1.49. The van der Waals surface area contributed by atoms with Crippen LogP contribution in [0.1, 0.15) is 34.9 Å². The Hall–Kier alpha value is -2.64. The molecule has 0 bridgehead atoms. The van der Waals surface area contributed by atoms with Gasteiger partial charge in [0.25, 0.3) is 0 Å². The largest absolute Gasteiger partial charge is 0.492 e. The van der Waals surface area contributed by atoms with E-state index in [1.807, 2.05) is 6.07 Å². The lowest BCUT2D eigenvalue weighted by molar-refractivity contribution is 0.277. The SMILES string of the molecule is Cc1ccc(C(c2sc3nc(-c4ccco4)nn3c2O)N2CCCC2)cc1. The van der Waals surface area contributed by atoms with Crippen molar-refractivity contribution < 1.29 is 9.52 Å². The standard InChI is InChI=1S/C20H20N4O2S/c1-13-6-8-14(9-7-13)16(23-10-2-3-11-23)17-19(25)24-20(27-17)21-18(22-24)15-5-4-12-26-15/h4-9,12,16,25H,2-3,10-11H2,1H3. The molecule has 5 rings (SSSR count). The van der Waals surface area contributed by atoms with Crippen molar-refractivity contribution in [3.8, 4) is 17.5 Å². The molecule has 1 atom stereocenters. The number of nitrogens with zero attached hydrogens (tertiary/aromatic N) is 4. The molecule has 1 fully saturated rings. The van der Waals surface area contributed by atoms with E-state index in [4.69, 9.17) is 4.42 Å². The first-order valence-corrected chi connectivity index (χ1v) is 9.95. The van der Waals surface area contributed by atoms with Gasteiger partial charge in [0.2, 0.25) is 16.7 Å². The van der Waals surface area contributed by atoms with Crippen LogP contribution in [0, 0.1) is 6.92 Å². The van der Waals surface area contributed by atoms with E-state index in [1.165, 1.54) is 39.8 Å². The number of aromatic hydroxyl groups is 1. The van der Waals surface area contributed by atoms with Gasteiger partial charge in [0, 0.05) is 0 Å². The number of rotatable bonds is 4. The van der Waals surface area contributed by atoms with Gasteiger partial charge in [0.15, 0.2) is 5.76 Å².